The summed E-state index contributed by atoms with van der Waals surface area (Å²) >= 11 is 6.00. The molecule has 7 heteroatoms. The van der Waals surface area contributed by atoms with Crippen LogP contribution < -0.4 is 11.3 Å². The smallest absolute Gasteiger partial charge is 0.329 e. The highest BCUT2D eigenvalue weighted by Crippen LogP contribution is 2.29. The summed E-state index contributed by atoms with van der Waals surface area (Å²) in [7, 11) is 0. The zero-order valence-corrected chi connectivity index (χ0v) is 13.3. The predicted octanol–water partition coefficient (Wildman–Crippen LogP) is 2.20. The number of nitrogens with zero attached hydrogens (tertiary/aromatic N) is 2. The van der Waals surface area contributed by atoms with Crippen LogP contribution in [0.4, 0.5) is 5.69 Å². The van der Waals surface area contributed by atoms with Crippen LogP contribution in [0.5, 0.6) is 0 Å². The molecule has 120 valence electrons. The fourth-order valence-corrected chi connectivity index (χ4v) is 2.97. The number of aryl methyl sites for hydroxylation is 1. The number of carbonyl (C=O) groups is 1. The summed E-state index contributed by atoms with van der Waals surface area (Å²) in [6, 6.07) is 5.80. The number of ether oxygens (including phenoxy) is 1. The molecule has 0 bridgehead atoms. The molecule has 0 amide bonds. The number of esters is 1. The van der Waals surface area contributed by atoms with E-state index in [1.807, 2.05) is 0 Å². The number of halogens is 1. The van der Waals surface area contributed by atoms with Crippen LogP contribution in [0.25, 0.3) is 11.3 Å². The predicted molar refractivity (Wildman–Crippen MR) is 87.3 cm³/mol. The van der Waals surface area contributed by atoms with E-state index in [0.717, 1.165) is 0 Å². The third-order valence-corrected chi connectivity index (χ3v) is 4.06. The van der Waals surface area contributed by atoms with Crippen molar-refractivity contribution < 1.29 is 9.53 Å². The van der Waals surface area contributed by atoms with E-state index in [1.54, 1.807) is 25.1 Å². The van der Waals surface area contributed by atoms with E-state index >= 15 is 0 Å². The second-order valence-corrected chi connectivity index (χ2v) is 5.74. The lowest BCUT2D eigenvalue weighted by atomic mass is 10.1. The summed E-state index contributed by atoms with van der Waals surface area (Å²) in [6.45, 7) is 2.02. The van der Waals surface area contributed by atoms with E-state index in [-0.39, 0.29) is 12.2 Å². The molecule has 1 aliphatic rings. The van der Waals surface area contributed by atoms with Gasteiger partial charge in [0.15, 0.2) is 0 Å². The van der Waals surface area contributed by atoms with Crippen molar-refractivity contribution in [3.05, 3.63) is 45.5 Å². The SMILES string of the molecule is CCOC(=O)[C@@H]1CCc2nc(-c3cc(Cl)ccc3N)cc(=O)n21. The Hall–Kier alpha value is -2.34. The van der Waals surface area contributed by atoms with Gasteiger partial charge in [0, 0.05) is 28.8 Å². The molecule has 2 aromatic rings. The first-order valence-electron chi connectivity index (χ1n) is 7.35. The minimum Gasteiger partial charge on any atom is -0.464 e. The molecule has 2 heterocycles. The van der Waals surface area contributed by atoms with Gasteiger partial charge in [0.1, 0.15) is 11.9 Å². The Balaban J connectivity index is 2.06. The number of fused-ring (bicyclic) bond motifs is 1. The normalized spacial score (nSPS) is 16.2. The van der Waals surface area contributed by atoms with Crippen molar-refractivity contribution in [2.75, 3.05) is 12.3 Å². The number of benzene rings is 1. The van der Waals surface area contributed by atoms with Crippen LogP contribution in [0, 0.1) is 0 Å². The topological polar surface area (TPSA) is 87.2 Å². The maximum atomic E-state index is 12.5. The Morgan fingerprint density at radius 3 is 3.00 bits per heavy atom. The van der Waals surface area contributed by atoms with Gasteiger partial charge in [-0.2, -0.15) is 0 Å². The van der Waals surface area contributed by atoms with Crippen LogP contribution >= 0.6 is 11.6 Å². The Bertz CT molecular complexity index is 832. The van der Waals surface area contributed by atoms with Gasteiger partial charge in [-0.15, -0.1) is 0 Å². The Morgan fingerprint density at radius 2 is 2.26 bits per heavy atom. The quantitative estimate of drug-likeness (QED) is 0.687. The number of carbonyl (C=O) groups excluding carboxylic acids is 1. The van der Waals surface area contributed by atoms with E-state index in [0.29, 0.717) is 40.6 Å². The highest BCUT2D eigenvalue weighted by molar-refractivity contribution is 6.31. The second kappa shape index (κ2) is 6.04. The molecule has 1 atom stereocenters. The van der Waals surface area contributed by atoms with Crippen molar-refractivity contribution in [1.82, 2.24) is 9.55 Å². The molecule has 23 heavy (non-hydrogen) atoms. The highest BCUT2D eigenvalue weighted by Gasteiger charge is 2.31. The molecule has 6 nitrogen and oxygen atoms in total. The van der Waals surface area contributed by atoms with Crippen molar-refractivity contribution in [2.45, 2.75) is 25.8 Å². The standard InChI is InChI=1S/C16H16ClN3O3/c1-2-23-16(22)13-5-6-14-19-12(8-15(21)20(13)14)10-7-9(17)3-4-11(10)18/h3-4,7-8,13H,2,5-6,18H2,1H3/t13-/m0/s1. The number of hydrogen-bond donors (Lipinski definition) is 1. The molecule has 0 saturated carbocycles. The van der Waals surface area contributed by atoms with Crippen molar-refractivity contribution in [3.8, 4) is 11.3 Å². The average Bonchev–Trinajstić information content (AvgIpc) is 2.94. The fourth-order valence-electron chi connectivity index (χ4n) is 2.79. The summed E-state index contributed by atoms with van der Waals surface area (Å²) in [5.41, 5.74) is 7.22. The molecule has 1 aliphatic heterocycles. The average molecular weight is 334 g/mol. The fraction of sp³-hybridized carbons (Fsp3) is 0.312. The molecular formula is C16H16ClN3O3. The monoisotopic (exact) mass is 333 g/mol. The van der Waals surface area contributed by atoms with E-state index < -0.39 is 12.0 Å². The number of rotatable bonds is 3. The molecular weight excluding hydrogens is 318 g/mol. The van der Waals surface area contributed by atoms with Gasteiger partial charge >= 0.3 is 5.97 Å². The molecule has 1 aromatic carbocycles. The molecule has 0 saturated heterocycles. The minimum atomic E-state index is -0.601. The van der Waals surface area contributed by atoms with Gasteiger partial charge in [-0.3, -0.25) is 9.36 Å². The molecule has 1 aromatic heterocycles. The van der Waals surface area contributed by atoms with Crippen LogP contribution in [-0.4, -0.2) is 22.1 Å². The van der Waals surface area contributed by atoms with Crippen LogP contribution in [0.2, 0.25) is 5.02 Å². The Kier molecular flexibility index (Phi) is 4.09. The maximum absolute atomic E-state index is 12.5. The van der Waals surface area contributed by atoms with Gasteiger partial charge in [-0.05, 0) is 31.5 Å². The first-order chi connectivity index (χ1) is 11.0. The lowest BCUT2D eigenvalue weighted by molar-refractivity contribution is -0.147. The molecule has 0 spiro atoms. The molecule has 3 rings (SSSR count). The van der Waals surface area contributed by atoms with E-state index in [9.17, 15) is 9.59 Å². The maximum Gasteiger partial charge on any atom is 0.329 e. The van der Waals surface area contributed by atoms with E-state index in [2.05, 4.69) is 4.98 Å². The highest BCUT2D eigenvalue weighted by atomic mass is 35.5. The Labute approximate surface area is 137 Å². The van der Waals surface area contributed by atoms with E-state index in [1.165, 1.54) is 10.6 Å². The van der Waals surface area contributed by atoms with Crippen molar-refractivity contribution in [3.63, 3.8) is 0 Å². The summed E-state index contributed by atoms with van der Waals surface area (Å²) in [6.07, 6.45) is 1.04. The molecule has 0 radical (unpaired) electrons. The van der Waals surface area contributed by atoms with Gasteiger partial charge in [0.2, 0.25) is 0 Å². The number of aromatic nitrogens is 2. The summed E-state index contributed by atoms with van der Waals surface area (Å²) in [4.78, 5) is 28.9. The first kappa shape index (κ1) is 15.6. The van der Waals surface area contributed by atoms with Gasteiger partial charge in [-0.25, -0.2) is 9.78 Å². The van der Waals surface area contributed by atoms with Crippen LogP contribution in [0.15, 0.2) is 29.1 Å². The molecule has 0 aliphatic carbocycles. The van der Waals surface area contributed by atoms with E-state index in [4.69, 9.17) is 22.1 Å². The van der Waals surface area contributed by atoms with Crippen molar-refractivity contribution in [1.29, 1.82) is 0 Å². The zero-order chi connectivity index (χ0) is 16.6. The third kappa shape index (κ3) is 2.82. The lowest BCUT2D eigenvalue weighted by Crippen LogP contribution is -2.29. The van der Waals surface area contributed by atoms with Crippen LogP contribution in [-0.2, 0) is 16.0 Å². The molecule has 0 fully saturated rings. The van der Waals surface area contributed by atoms with Crippen LogP contribution in [0.3, 0.4) is 0 Å². The lowest BCUT2D eigenvalue weighted by Gasteiger charge is -2.13. The summed E-state index contributed by atoms with van der Waals surface area (Å²) < 4.78 is 6.43. The summed E-state index contributed by atoms with van der Waals surface area (Å²) in [5, 5.41) is 0.515. The van der Waals surface area contributed by atoms with Crippen LogP contribution in [0.1, 0.15) is 25.2 Å². The van der Waals surface area contributed by atoms with Crippen molar-refractivity contribution in [2.24, 2.45) is 0 Å². The minimum absolute atomic E-state index is 0.282. The van der Waals surface area contributed by atoms with Gasteiger partial charge in [-0.1, -0.05) is 11.6 Å². The number of hydrogen-bond acceptors (Lipinski definition) is 5. The third-order valence-electron chi connectivity index (χ3n) is 3.83. The zero-order valence-electron chi connectivity index (χ0n) is 12.6. The number of nitrogen functional groups attached to an aromatic ring is 1. The van der Waals surface area contributed by atoms with Crippen molar-refractivity contribution >= 4 is 23.3 Å². The van der Waals surface area contributed by atoms with Gasteiger partial charge in [0.05, 0.1) is 12.3 Å². The second-order valence-electron chi connectivity index (χ2n) is 5.30. The Morgan fingerprint density at radius 1 is 1.48 bits per heavy atom. The largest absolute Gasteiger partial charge is 0.464 e. The molecule has 0 unspecified atom stereocenters. The van der Waals surface area contributed by atoms with Gasteiger partial charge < -0.3 is 10.5 Å². The first-order valence-corrected chi connectivity index (χ1v) is 7.73. The molecule has 2 N–H and O–H groups in total. The summed E-state index contributed by atoms with van der Waals surface area (Å²) in [5.74, 6) is 0.162. The number of nitrogens with two attached hydrogens (primary N) is 1. The number of anilines is 1. The van der Waals surface area contributed by atoms with Gasteiger partial charge in [0.25, 0.3) is 5.56 Å².